The molecule has 0 saturated carbocycles. The van der Waals surface area contributed by atoms with Crippen molar-refractivity contribution in [1.82, 2.24) is 8.61 Å². The summed E-state index contributed by atoms with van der Waals surface area (Å²) in [5, 5.41) is 9.53. The van der Waals surface area contributed by atoms with E-state index >= 15 is 0 Å². The van der Waals surface area contributed by atoms with Crippen molar-refractivity contribution in [2.75, 3.05) is 19.6 Å². The average Bonchev–Trinajstić information content (AvgIpc) is 2.76. The van der Waals surface area contributed by atoms with Crippen molar-refractivity contribution >= 4 is 16.2 Å². The first-order valence-corrected chi connectivity index (χ1v) is 8.27. The molecule has 0 aromatic rings. The molecular formula is C12H24N2O4S. The number of carboxylic acids is 1. The van der Waals surface area contributed by atoms with E-state index in [4.69, 9.17) is 0 Å². The molecule has 1 atom stereocenters. The van der Waals surface area contributed by atoms with Crippen LogP contribution in [-0.4, -0.2) is 53.3 Å². The second-order valence-corrected chi connectivity index (χ2v) is 6.71. The van der Waals surface area contributed by atoms with Gasteiger partial charge in [0.25, 0.3) is 10.2 Å². The van der Waals surface area contributed by atoms with Crippen LogP contribution < -0.4 is 0 Å². The Kier molecular flexibility index (Phi) is 5.34. The normalized spacial score (nSPS) is 25.1. The first kappa shape index (κ1) is 16.4. The lowest BCUT2D eigenvalue weighted by atomic mass is 9.92. The third kappa shape index (κ3) is 2.78. The maximum Gasteiger partial charge on any atom is 0.325 e. The van der Waals surface area contributed by atoms with Crippen molar-refractivity contribution in [3.05, 3.63) is 0 Å². The molecule has 0 aliphatic carbocycles. The summed E-state index contributed by atoms with van der Waals surface area (Å²) in [7, 11) is -3.69. The molecule has 1 aliphatic heterocycles. The van der Waals surface area contributed by atoms with Crippen molar-refractivity contribution in [2.45, 2.75) is 52.0 Å². The van der Waals surface area contributed by atoms with Crippen LogP contribution in [0.15, 0.2) is 0 Å². The summed E-state index contributed by atoms with van der Waals surface area (Å²) in [4.78, 5) is 11.6. The number of carbonyl (C=O) groups is 1. The molecule has 0 spiro atoms. The molecule has 0 aromatic carbocycles. The van der Waals surface area contributed by atoms with Gasteiger partial charge >= 0.3 is 5.97 Å². The Morgan fingerprint density at radius 3 is 2.32 bits per heavy atom. The highest BCUT2D eigenvalue weighted by molar-refractivity contribution is 7.86. The van der Waals surface area contributed by atoms with Crippen molar-refractivity contribution in [3.8, 4) is 0 Å². The van der Waals surface area contributed by atoms with Crippen LogP contribution in [0.4, 0.5) is 0 Å². The summed E-state index contributed by atoms with van der Waals surface area (Å²) < 4.78 is 27.7. The number of hydrogen-bond donors (Lipinski definition) is 1. The van der Waals surface area contributed by atoms with Crippen molar-refractivity contribution < 1.29 is 18.3 Å². The smallest absolute Gasteiger partial charge is 0.325 e. The summed E-state index contributed by atoms with van der Waals surface area (Å²) in [6.07, 6.45) is 2.02. The maximum atomic E-state index is 12.6. The molecule has 6 nitrogen and oxygen atoms in total. The minimum atomic E-state index is -3.69. The molecule has 0 radical (unpaired) electrons. The predicted molar refractivity (Wildman–Crippen MR) is 73.1 cm³/mol. The third-order valence-electron chi connectivity index (χ3n) is 3.80. The Bertz CT molecular complexity index is 419. The van der Waals surface area contributed by atoms with E-state index in [9.17, 15) is 18.3 Å². The van der Waals surface area contributed by atoms with Gasteiger partial charge in [-0.05, 0) is 19.3 Å². The molecule has 0 bridgehead atoms. The summed E-state index contributed by atoms with van der Waals surface area (Å²) >= 11 is 0. The fraction of sp³-hybridized carbons (Fsp3) is 0.917. The molecule has 19 heavy (non-hydrogen) atoms. The third-order valence-corrected chi connectivity index (χ3v) is 6.06. The molecule has 1 rings (SSSR count). The zero-order valence-corrected chi connectivity index (χ0v) is 12.7. The predicted octanol–water partition coefficient (Wildman–Crippen LogP) is 1.29. The second kappa shape index (κ2) is 6.19. The first-order valence-electron chi connectivity index (χ1n) is 6.88. The lowest BCUT2D eigenvalue weighted by Gasteiger charge is -2.36. The first-order chi connectivity index (χ1) is 8.86. The quantitative estimate of drug-likeness (QED) is 0.767. The summed E-state index contributed by atoms with van der Waals surface area (Å²) in [5.41, 5.74) is -1.25. The summed E-state index contributed by atoms with van der Waals surface area (Å²) in [6, 6.07) is 0. The Hall–Kier alpha value is -0.660. The van der Waals surface area contributed by atoms with Gasteiger partial charge in [0.2, 0.25) is 0 Å². The van der Waals surface area contributed by atoms with E-state index in [1.165, 1.54) is 8.61 Å². The van der Waals surface area contributed by atoms with Gasteiger partial charge in [0.1, 0.15) is 5.54 Å². The molecular weight excluding hydrogens is 268 g/mol. The highest BCUT2D eigenvalue weighted by Gasteiger charge is 2.53. The lowest BCUT2D eigenvalue weighted by Crippen LogP contribution is -2.56. The number of aliphatic carboxylic acids is 1. The van der Waals surface area contributed by atoms with E-state index in [0.717, 1.165) is 0 Å². The highest BCUT2D eigenvalue weighted by Crippen LogP contribution is 2.37. The maximum absolute atomic E-state index is 12.6. The topological polar surface area (TPSA) is 77.9 Å². The number of hydrogen-bond acceptors (Lipinski definition) is 3. The number of rotatable bonds is 7. The van der Waals surface area contributed by atoms with E-state index in [1.54, 1.807) is 13.8 Å². The Labute approximate surface area is 115 Å². The van der Waals surface area contributed by atoms with E-state index in [1.807, 2.05) is 6.92 Å². The summed E-state index contributed by atoms with van der Waals surface area (Å²) in [5.74, 6) is -1.03. The van der Waals surface area contributed by atoms with Gasteiger partial charge in [0.05, 0.1) is 0 Å². The van der Waals surface area contributed by atoms with E-state index in [-0.39, 0.29) is 0 Å². The van der Waals surface area contributed by atoms with Crippen LogP contribution >= 0.6 is 0 Å². The van der Waals surface area contributed by atoms with E-state index in [0.29, 0.717) is 45.3 Å². The largest absolute Gasteiger partial charge is 0.480 e. The van der Waals surface area contributed by atoms with Crippen LogP contribution in [0.3, 0.4) is 0 Å². The number of carboxylic acid groups (broad SMARTS) is 1. The van der Waals surface area contributed by atoms with Gasteiger partial charge in [-0.3, -0.25) is 4.79 Å². The van der Waals surface area contributed by atoms with Crippen molar-refractivity contribution in [3.63, 3.8) is 0 Å². The van der Waals surface area contributed by atoms with Crippen LogP contribution in [-0.2, 0) is 15.0 Å². The molecule has 1 aliphatic rings. The Morgan fingerprint density at radius 2 is 1.89 bits per heavy atom. The zero-order chi connectivity index (χ0) is 14.7. The Balaban J connectivity index is 3.19. The molecule has 7 heteroatoms. The molecule has 1 saturated heterocycles. The van der Waals surface area contributed by atoms with Gasteiger partial charge in [-0.15, -0.1) is 0 Å². The second-order valence-electron chi connectivity index (χ2n) is 4.85. The van der Waals surface area contributed by atoms with Crippen molar-refractivity contribution in [1.29, 1.82) is 0 Å². The van der Waals surface area contributed by atoms with Crippen LogP contribution in [0.2, 0.25) is 0 Å². The SMILES string of the molecule is CCCC1(C(=O)O)CCCN1S(=O)(=O)N(CC)CC. The lowest BCUT2D eigenvalue weighted by molar-refractivity contribution is -0.147. The Morgan fingerprint density at radius 1 is 1.32 bits per heavy atom. The fourth-order valence-corrected chi connectivity index (χ4v) is 4.86. The molecule has 1 unspecified atom stereocenters. The van der Waals surface area contributed by atoms with Crippen LogP contribution in [0.1, 0.15) is 46.5 Å². The molecule has 0 amide bonds. The van der Waals surface area contributed by atoms with Crippen LogP contribution in [0.25, 0.3) is 0 Å². The van der Waals surface area contributed by atoms with Crippen LogP contribution in [0, 0.1) is 0 Å². The monoisotopic (exact) mass is 292 g/mol. The molecule has 1 fully saturated rings. The van der Waals surface area contributed by atoms with Crippen LogP contribution in [0.5, 0.6) is 0 Å². The summed E-state index contributed by atoms with van der Waals surface area (Å²) in [6.45, 7) is 6.42. The number of nitrogens with zero attached hydrogens (tertiary/aromatic N) is 2. The molecule has 112 valence electrons. The van der Waals surface area contributed by atoms with Gasteiger partial charge in [0.15, 0.2) is 0 Å². The standard InChI is InChI=1S/C12H24N2O4S/c1-4-8-12(11(15)16)9-7-10-14(12)19(17,18)13(5-2)6-3/h4-10H2,1-3H3,(H,15,16). The zero-order valence-electron chi connectivity index (χ0n) is 11.9. The highest BCUT2D eigenvalue weighted by atomic mass is 32.2. The fourth-order valence-electron chi connectivity index (χ4n) is 2.86. The van der Waals surface area contributed by atoms with Gasteiger partial charge in [0, 0.05) is 19.6 Å². The van der Waals surface area contributed by atoms with Gasteiger partial charge in [-0.25, -0.2) is 0 Å². The van der Waals surface area contributed by atoms with E-state index in [2.05, 4.69) is 0 Å². The minimum absolute atomic E-state index is 0.297. The van der Waals surface area contributed by atoms with E-state index < -0.39 is 21.7 Å². The molecule has 0 aromatic heterocycles. The molecule has 1 N–H and O–H groups in total. The van der Waals surface area contributed by atoms with Gasteiger partial charge in [-0.2, -0.15) is 17.0 Å². The molecule has 1 heterocycles. The average molecular weight is 292 g/mol. The van der Waals surface area contributed by atoms with Gasteiger partial charge < -0.3 is 5.11 Å². The van der Waals surface area contributed by atoms with Gasteiger partial charge in [-0.1, -0.05) is 27.2 Å². The van der Waals surface area contributed by atoms with Crippen molar-refractivity contribution in [2.24, 2.45) is 0 Å². The minimum Gasteiger partial charge on any atom is -0.480 e.